The van der Waals surface area contributed by atoms with Crippen molar-refractivity contribution in [2.75, 3.05) is 26.2 Å². The third-order valence-electron chi connectivity index (χ3n) is 4.74. The minimum absolute atomic E-state index is 0.0406. The van der Waals surface area contributed by atoms with Crippen LogP contribution >= 0.6 is 11.3 Å². The van der Waals surface area contributed by atoms with Crippen LogP contribution in [0.4, 0.5) is 4.39 Å². The number of carbonyl (C=O) groups is 1. The zero-order valence-electron chi connectivity index (χ0n) is 12.7. The van der Waals surface area contributed by atoms with Gasteiger partial charge in [0.15, 0.2) is 0 Å². The molecule has 3 fully saturated rings. The Balaban J connectivity index is 1.59. The summed E-state index contributed by atoms with van der Waals surface area (Å²) in [6.07, 6.45) is 3.68. The number of thiazole rings is 1. The summed E-state index contributed by atoms with van der Waals surface area (Å²) >= 11 is 1.28. The summed E-state index contributed by atoms with van der Waals surface area (Å²) in [5.74, 6) is -0.263. The molecule has 5 rings (SSSR count). The maximum absolute atomic E-state index is 13.9. The van der Waals surface area contributed by atoms with Crippen LogP contribution in [0, 0.1) is 5.82 Å². The number of carbonyl (C=O) groups excluding carboxylic acids is 1. The molecular formula is C17H18FN3OS. The minimum Gasteiger partial charge on any atom is -0.334 e. The van der Waals surface area contributed by atoms with Crippen LogP contribution in [0.3, 0.4) is 0 Å². The zero-order valence-corrected chi connectivity index (χ0v) is 13.6. The molecule has 4 nitrogen and oxygen atoms in total. The number of halogens is 1. The molecule has 2 aromatic rings. The van der Waals surface area contributed by atoms with Gasteiger partial charge in [-0.3, -0.25) is 4.79 Å². The molecule has 1 aromatic heterocycles. The van der Waals surface area contributed by atoms with Gasteiger partial charge in [0.25, 0.3) is 5.91 Å². The average Bonchev–Trinajstić information content (AvgIpc) is 2.87. The first-order valence-electron chi connectivity index (χ1n) is 7.96. The van der Waals surface area contributed by atoms with Crippen molar-refractivity contribution in [1.82, 2.24) is 14.8 Å². The zero-order chi connectivity index (χ0) is 15.8. The Morgan fingerprint density at radius 2 is 1.96 bits per heavy atom. The van der Waals surface area contributed by atoms with E-state index in [4.69, 9.17) is 0 Å². The van der Waals surface area contributed by atoms with Crippen LogP contribution in [-0.2, 0) is 0 Å². The highest BCUT2D eigenvalue weighted by molar-refractivity contribution is 7.16. The van der Waals surface area contributed by atoms with E-state index in [0.717, 1.165) is 39.0 Å². The van der Waals surface area contributed by atoms with E-state index in [2.05, 4.69) is 9.88 Å². The van der Waals surface area contributed by atoms with Crippen molar-refractivity contribution in [2.45, 2.75) is 18.9 Å². The van der Waals surface area contributed by atoms with Gasteiger partial charge >= 0.3 is 0 Å². The number of piperidine rings is 1. The predicted molar refractivity (Wildman–Crippen MR) is 88.0 cm³/mol. The van der Waals surface area contributed by atoms with Gasteiger partial charge in [-0.25, -0.2) is 9.37 Å². The molecule has 0 saturated carbocycles. The van der Waals surface area contributed by atoms with Crippen LogP contribution in [0.25, 0.3) is 10.6 Å². The lowest BCUT2D eigenvalue weighted by molar-refractivity contribution is 0.0689. The van der Waals surface area contributed by atoms with Crippen molar-refractivity contribution in [3.05, 3.63) is 41.2 Å². The third kappa shape index (κ3) is 2.77. The Morgan fingerprint density at radius 1 is 1.17 bits per heavy atom. The van der Waals surface area contributed by atoms with E-state index in [1.54, 1.807) is 24.4 Å². The fourth-order valence-corrected chi connectivity index (χ4v) is 4.33. The van der Waals surface area contributed by atoms with Crippen molar-refractivity contribution < 1.29 is 9.18 Å². The van der Waals surface area contributed by atoms with Gasteiger partial charge in [0.05, 0.1) is 6.20 Å². The number of rotatable bonds is 2. The van der Waals surface area contributed by atoms with Crippen molar-refractivity contribution in [2.24, 2.45) is 0 Å². The van der Waals surface area contributed by atoms with E-state index in [-0.39, 0.29) is 11.7 Å². The second kappa shape index (κ2) is 6.02. The summed E-state index contributed by atoms with van der Waals surface area (Å²) in [4.78, 5) is 22.1. The minimum atomic E-state index is -0.304. The van der Waals surface area contributed by atoms with Crippen molar-refractivity contribution in [3.8, 4) is 10.6 Å². The van der Waals surface area contributed by atoms with Crippen LogP contribution in [0.1, 0.15) is 22.5 Å². The summed E-state index contributed by atoms with van der Waals surface area (Å²) in [5.41, 5.74) is 0.458. The fourth-order valence-electron chi connectivity index (χ4n) is 3.43. The van der Waals surface area contributed by atoms with Gasteiger partial charge < -0.3 is 9.80 Å². The van der Waals surface area contributed by atoms with Gasteiger partial charge in [0, 0.05) is 37.8 Å². The molecule has 3 aliphatic heterocycles. The molecule has 120 valence electrons. The van der Waals surface area contributed by atoms with Gasteiger partial charge in [0.2, 0.25) is 0 Å². The van der Waals surface area contributed by atoms with Gasteiger partial charge in [-0.2, -0.15) is 0 Å². The third-order valence-corrected chi connectivity index (χ3v) is 5.76. The van der Waals surface area contributed by atoms with Crippen molar-refractivity contribution in [3.63, 3.8) is 0 Å². The average molecular weight is 331 g/mol. The highest BCUT2D eigenvalue weighted by Gasteiger charge is 2.33. The highest BCUT2D eigenvalue weighted by atomic mass is 32.1. The first-order valence-corrected chi connectivity index (χ1v) is 8.78. The molecule has 1 aromatic carbocycles. The molecule has 4 heterocycles. The number of nitrogens with zero attached hydrogens (tertiary/aromatic N) is 3. The van der Waals surface area contributed by atoms with E-state index < -0.39 is 0 Å². The lowest BCUT2D eigenvalue weighted by Gasteiger charge is -2.31. The first kappa shape index (κ1) is 14.8. The van der Waals surface area contributed by atoms with Gasteiger partial charge in [-0.15, -0.1) is 11.3 Å². The van der Waals surface area contributed by atoms with E-state index in [9.17, 15) is 9.18 Å². The number of hydrogen-bond acceptors (Lipinski definition) is 4. The predicted octanol–water partition coefficient (Wildman–Crippen LogP) is 2.87. The fraction of sp³-hybridized carbons (Fsp3) is 0.412. The van der Waals surface area contributed by atoms with E-state index in [1.807, 2.05) is 4.90 Å². The van der Waals surface area contributed by atoms with Crippen LogP contribution in [0.2, 0.25) is 0 Å². The van der Waals surface area contributed by atoms with Gasteiger partial charge in [-0.1, -0.05) is 12.1 Å². The number of hydrogen-bond donors (Lipinski definition) is 0. The van der Waals surface area contributed by atoms with E-state index in [0.29, 0.717) is 21.5 Å². The standard InChI is InChI=1S/C17H18FN3OS/c18-14-4-2-1-3-13(14)16-19-11-15(23-16)17(22)21-10-9-20-7-5-12(21)6-8-20/h1-4,11-12H,5-10H2. The quantitative estimate of drug-likeness (QED) is 0.849. The van der Waals surface area contributed by atoms with Gasteiger partial charge in [0.1, 0.15) is 15.7 Å². The lowest BCUT2D eigenvalue weighted by Crippen LogP contribution is -2.41. The number of aromatic nitrogens is 1. The molecule has 0 atom stereocenters. The number of benzene rings is 1. The van der Waals surface area contributed by atoms with E-state index in [1.165, 1.54) is 17.4 Å². The Morgan fingerprint density at radius 3 is 2.74 bits per heavy atom. The summed E-state index contributed by atoms with van der Waals surface area (Å²) in [5, 5.41) is 0.564. The molecule has 0 spiro atoms. The summed E-state index contributed by atoms with van der Waals surface area (Å²) < 4.78 is 13.9. The van der Waals surface area contributed by atoms with Crippen LogP contribution in [-0.4, -0.2) is 52.9 Å². The largest absolute Gasteiger partial charge is 0.334 e. The Labute approximate surface area is 138 Å². The molecule has 2 bridgehead atoms. The maximum atomic E-state index is 13.9. The van der Waals surface area contributed by atoms with Crippen LogP contribution < -0.4 is 0 Å². The molecule has 3 saturated heterocycles. The molecule has 0 aliphatic carbocycles. The molecule has 6 heteroatoms. The number of amides is 1. The summed E-state index contributed by atoms with van der Waals surface area (Å²) in [7, 11) is 0. The van der Waals surface area contributed by atoms with E-state index >= 15 is 0 Å². The monoisotopic (exact) mass is 331 g/mol. The Bertz CT molecular complexity index is 724. The smallest absolute Gasteiger partial charge is 0.265 e. The molecular weight excluding hydrogens is 313 g/mol. The maximum Gasteiger partial charge on any atom is 0.265 e. The normalized spacial score (nSPS) is 23.8. The second-order valence-electron chi connectivity index (χ2n) is 6.08. The van der Waals surface area contributed by atoms with Crippen molar-refractivity contribution in [1.29, 1.82) is 0 Å². The van der Waals surface area contributed by atoms with Crippen molar-refractivity contribution >= 4 is 17.2 Å². The van der Waals surface area contributed by atoms with Gasteiger partial charge in [-0.05, 0) is 25.0 Å². The molecule has 3 aliphatic rings. The number of fused-ring (bicyclic) bond motifs is 4. The second-order valence-corrected chi connectivity index (χ2v) is 7.11. The first-order chi connectivity index (χ1) is 11.2. The summed E-state index contributed by atoms with van der Waals surface area (Å²) in [6, 6.07) is 6.88. The lowest BCUT2D eigenvalue weighted by atomic mass is 10.1. The Hall–Kier alpha value is -1.79. The Kier molecular flexibility index (Phi) is 3.87. The highest BCUT2D eigenvalue weighted by Crippen LogP contribution is 2.29. The molecule has 23 heavy (non-hydrogen) atoms. The van der Waals surface area contributed by atoms with Crippen LogP contribution in [0.5, 0.6) is 0 Å². The molecule has 1 amide bonds. The topological polar surface area (TPSA) is 36.4 Å². The molecule has 0 unspecified atom stereocenters. The SMILES string of the molecule is O=C(c1cnc(-c2ccccc2F)s1)N1CCN2CCC1CC2. The van der Waals surface area contributed by atoms with Crippen LogP contribution in [0.15, 0.2) is 30.5 Å². The molecule has 0 radical (unpaired) electrons. The summed E-state index contributed by atoms with van der Waals surface area (Å²) in [6.45, 7) is 3.88. The molecule has 0 N–H and O–H groups in total.